The van der Waals surface area contributed by atoms with Gasteiger partial charge in [-0.3, -0.25) is 0 Å². The quantitative estimate of drug-likeness (QED) is 0.557. The van der Waals surface area contributed by atoms with Crippen molar-refractivity contribution in [2.24, 2.45) is 0 Å². The van der Waals surface area contributed by atoms with Crippen LogP contribution in [0.25, 0.3) is 22.4 Å². The summed E-state index contributed by atoms with van der Waals surface area (Å²) in [6, 6.07) is 11.7. The maximum Gasteiger partial charge on any atom is 0.117 e. The number of hydrogen-bond donors (Lipinski definition) is 0. The first-order chi connectivity index (χ1) is 9.65. The molecule has 2 aromatic carbocycles. The molecule has 4 heteroatoms. The second kappa shape index (κ2) is 5.57. The maximum atomic E-state index is 6.15. The van der Waals surface area contributed by atoms with Crippen molar-refractivity contribution in [3.05, 3.63) is 62.6 Å². The van der Waals surface area contributed by atoms with Crippen LogP contribution in [0, 0.1) is 6.92 Å². The number of nitrogens with zero attached hydrogens (tertiary/aromatic N) is 1. The van der Waals surface area contributed by atoms with Gasteiger partial charge in [0.1, 0.15) is 5.01 Å². The van der Waals surface area contributed by atoms with Crippen molar-refractivity contribution in [1.82, 2.24) is 4.98 Å². The third-order valence-electron chi connectivity index (χ3n) is 3.03. The van der Waals surface area contributed by atoms with Gasteiger partial charge in [0, 0.05) is 15.6 Å². The Hall–Kier alpha value is -1.35. The second-order valence-electron chi connectivity index (χ2n) is 4.44. The zero-order chi connectivity index (χ0) is 14.1. The number of thiazole rings is 1. The highest BCUT2D eigenvalue weighted by molar-refractivity contribution is 7.19. The van der Waals surface area contributed by atoms with E-state index in [0.717, 1.165) is 16.1 Å². The van der Waals surface area contributed by atoms with Gasteiger partial charge in [0.15, 0.2) is 0 Å². The SMILES string of the molecule is Cc1cccc2sc(C=Cc3c(Cl)cccc3Cl)nc12. The van der Waals surface area contributed by atoms with Crippen LogP contribution in [0.5, 0.6) is 0 Å². The number of aryl methyl sites for hydroxylation is 1. The van der Waals surface area contributed by atoms with E-state index in [-0.39, 0.29) is 0 Å². The molecule has 0 N–H and O–H groups in total. The fraction of sp³-hybridized carbons (Fsp3) is 0.0625. The van der Waals surface area contributed by atoms with Crippen molar-refractivity contribution >= 4 is 56.9 Å². The van der Waals surface area contributed by atoms with Gasteiger partial charge in [0.2, 0.25) is 0 Å². The molecule has 0 radical (unpaired) electrons. The lowest BCUT2D eigenvalue weighted by Gasteiger charge is -1.99. The van der Waals surface area contributed by atoms with Crippen molar-refractivity contribution in [1.29, 1.82) is 0 Å². The topological polar surface area (TPSA) is 12.9 Å². The summed E-state index contributed by atoms with van der Waals surface area (Å²) in [7, 11) is 0. The molecule has 100 valence electrons. The maximum absolute atomic E-state index is 6.15. The Morgan fingerprint density at radius 1 is 1.00 bits per heavy atom. The molecule has 3 aromatic rings. The van der Waals surface area contributed by atoms with Gasteiger partial charge in [-0.25, -0.2) is 4.98 Å². The Morgan fingerprint density at radius 3 is 2.40 bits per heavy atom. The molecule has 3 rings (SSSR count). The molecule has 0 unspecified atom stereocenters. The summed E-state index contributed by atoms with van der Waals surface area (Å²) in [5.74, 6) is 0. The summed E-state index contributed by atoms with van der Waals surface area (Å²) in [6.07, 6.45) is 3.87. The predicted octanol–water partition coefficient (Wildman–Crippen LogP) is 6.08. The molecule has 0 amide bonds. The highest BCUT2D eigenvalue weighted by Gasteiger charge is 2.05. The molecule has 0 aliphatic heterocycles. The number of halogens is 2. The van der Waals surface area contributed by atoms with Crippen LogP contribution in [0.3, 0.4) is 0 Å². The lowest BCUT2D eigenvalue weighted by molar-refractivity contribution is 1.41. The number of benzene rings is 2. The van der Waals surface area contributed by atoms with Crippen molar-refractivity contribution in [3.8, 4) is 0 Å². The summed E-state index contributed by atoms with van der Waals surface area (Å²) in [5, 5.41) is 2.24. The van der Waals surface area contributed by atoms with Crippen molar-refractivity contribution in [2.45, 2.75) is 6.92 Å². The van der Waals surface area contributed by atoms with Gasteiger partial charge >= 0.3 is 0 Å². The molecule has 0 aliphatic carbocycles. The molecule has 1 heterocycles. The second-order valence-corrected chi connectivity index (χ2v) is 6.32. The van der Waals surface area contributed by atoms with E-state index >= 15 is 0 Å². The van der Waals surface area contributed by atoms with Crippen LogP contribution in [-0.2, 0) is 0 Å². The monoisotopic (exact) mass is 319 g/mol. The van der Waals surface area contributed by atoms with E-state index in [4.69, 9.17) is 23.2 Å². The zero-order valence-corrected chi connectivity index (χ0v) is 13.1. The molecular formula is C16H11Cl2NS. The molecule has 0 saturated heterocycles. The van der Waals surface area contributed by atoms with Crippen molar-refractivity contribution in [2.75, 3.05) is 0 Å². The first-order valence-electron chi connectivity index (χ1n) is 6.13. The Kier molecular flexibility index (Phi) is 3.79. The number of fused-ring (bicyclic) bond motifs is 1. The summed E-state index contributed by atoms with van der Waals surface area (Å²) < 4.78 is 1.19. The van der Waals surface area contributed by atoms with Crippen LogP contribution < -0.4 is 0 Å². The summed E-state index contributed by atoms with van der Waals surface area (Å²) in [5.41, 5.74) is 3.07. The smallest absolute Gasteiger partial charge is 0.117 e. The first-order valence-corrected chi connectivity index (χ1v) is 7.70. The molecule has 0 fully saturated rings. The highest BCUT2D eigenvalue weighted by Crippen LogP contribution is 2.29. The van der Waals surface area contributed by atoms with Gasteiger partial charge in [0.25, 0.3) is 0 Å². The highest BCUT2D eigenvalue weighted by atomic mass is 35.5. The van der Waals surface area contributed by atoms with E-state index in [0.29, 0.717) is 10.0 Å². The van der Waals surface area contributed by atoms with Crippen molar-refractivity contribution in [3.63, 3.8) is 0 Å². The minimum absolute atomic E-state index is 0.644. The van der Waals surface area contributed by atoms with Gasteiger partial charge in [-0.15, -0.1) is 11.3 Å². The average molecular weight is 320 g/mol. The van der Waals surface area contributed by atoms with E-state index in [2.05, 4.69) is 24.0 Å². The minimum atomic E-state index is 0.644. The van der Waals surface area contributed by atoms with Gasteiger partial charge < -0.3 is 0 Å². The molecule has 0 aliphatic rings. The van der Waals surface area contributed by atoms with Gasteiger partial charge in [-0.05, 0) is 42.8 Å². The molecule has 0 bridgehead atoms. The molecule has 0 atom stereocenters. The Balaban J connectivity index is 2.01. The van der Waals surface area contributed by atoms with Crippen LogP contribution in [0.4, 0.5) is 0 Å². The van der Waals surface area contributed by atoms with E-state index in [1.165, 1.54) is 10.3 Å². The Morgan fingerprint density at radius 2 is 1.70 bits per heavy atom. The zero-order valence-electron chi connectivity index (χ0n) is 10.7. The Labute approximate surface area is 131 Å². The number of para-hydroxylation sites is 1. The summed E-state index contributed by atoms with van der Waals surface area (Å²) in [6.45, 7) is 2.07. The molecule has 0 spiro atoms. The van der Waals surface area contributed by atoms with Crippen LogP contribution in [0.15, 0.2) is 36.4 Å². The van der Waals surface area contributed by atoms with E-state index < -0.39 is 0 Å². The minimum Gasteiger partial charge on any atom is -0.236 e. The van der Waals surface area contributed by atoms with Crippen LogP contribution in [0.2, 0.25) is 10.0 Å². The van der Waals surface area contributed by atoms with E-state index in [9.17, 15) is 0 Å². The summed E-state index contributed by atoms with van der Waals surface area (Å²) in [4.78, 5) is 4.63. The fourth-order valence-electron chi connectivity index (χ4n) is 2.00. The Bertz CT molecular complexity index is 785. The number of aromatic nitrogens is 1. The lowest BCUT2D eigenvalue weighted by atomic mass is 10.2. The molecule has 20 heavy (non-hydrogen) atoms. The lowest BCUT2D eigenvalue weighted by Crippen LogP contribution is -1.77. The van der Waals surface area contributed by atoms with Crippen LogP contribution in [-0.4, -0.2) is 4.98 Å². The first kappa shape index (κ1) is 13.6. The van der Waals surface area contributed by atoms with Gasteiger partial charge in [-0.2, -0.15) is 0 Å². The normalized spacial score (nSPS) is 11.6. The molecular weight excluding hydrogens is 309 g/mol. The number of hydrogen-bond acceptors (Lipinski definition) is 2. The molecule has 1 aromatic heterocycles. The van der Waals surface area contributed by atoms with Crippen LogP contribution in [0.1, 0.15) is 16.1 Å². The van der Waals surface area contributed by atoms with Gasteiger partial charge in [0.05, 0.1) is 10.2 Å². The van der Waals surface area contributed by atoms with Gasteiger partial charge in [-0.1, -0.05) is 41.4 Å². The predicted molar refractivity (Wildman–Crippen MR) is 89.7 cm³/mol. The average Bonchev–Trinajstić information content (AvgIpc) is 2.83. The fourth-order valence-corrected chi connectivity index (χ4v) is 3.47. The number of rotatable bonds is 2. The van der Waals surface area contributed by atoms with Crippen LogP contribution >= 0.6 is 34.5 Å². The van der Waals surface area contributed by atoms with E-state index in [1.807, 2.05) is 36.4 Å². The molecule has 0 saturated carbocycles. The standard InChI is InChI=1S/C16H11Cl2NS/c1-10-4-2-7-14-16(10)19-15(20-14)9-8-11-12(17)5-3-6-13(11)18/h2-9H,1H3. The summed E-state index contributed by atoms with van der Waals surface area (Å²) >= 11 is 14.0. The largest absolute Gasteiger partial charge is 0.236 e. The van der Waals surface area contributed by atoms with Crippen molar-refractivity contribution < 1.29 is 0 Å². The third-order valence-corrected chi connectivity index (χ3v) is 4.67. The molecule has 1 nitrogen and oxygen atoms in total. The van der Waals surface area contributed by atoms with E-state index in [1.54, 1.807) is 11.3 Å². The third kappa shape index (κ3) is 2.59.